The van der Waals surface area contributed by atoms with Crippen molar-refractivity contribution in [3.8, 4) is 0 Å². The molecule has 0 bridgehead atoms. The van der Waals surface area contributed by atoms with E-state index in [0.29, 0.717) is 12.1 Å². The first kappa shape index (κ1) is 29.9. The van der Waals surface area contributed by atoms with Gasteiger partial charge in [-0.2, -0.15) is 0 Å². The molecule has 0 aliphatic carbocycles. The molecule has 3 aromatic rings. The smallest absolute Gasteiger partial charge is 0.244 e. The second-order valence-corrected chi connectivity index (χ2v) is 12.6. The van der Waals surface area contributed by atoms with Gasteiger partial charge < -0.3 is 10.2 Å². The number of carbonyl (C=O) groups excluding carboxylic acids is 2. The standard InChI is InChI=1S/C31H39N3O4S/c1-6-26-19-13-14-20-27(26)34(39(5,37)38)23-29(35)33(22-25-17-11-8-12-18-25)28(30(36)32-31(2,3)4)21-24-15-9-7-10-16-24/h7-20,28H,6,21-23H2,1-5H3,(H,32,36). The molecule has 0 saturated carbocycles. The van der Waals surface area contributed by atoms with E-state index in [9.17, 15) is 18.0 Å². The molecule has 1 N–H and O–H groups in total. The maximum Gasteiger partial charge on any atom is 0.244 e. The fourth-order valence-corrected chi connectivity index (χ4v) is 5.32. The number of para-hydroxylation sites is 1. The zero-order valence-electron chi connectivity index (χ0n) is 23.4. The molecular weight excluding hydrogens is 510 g/mol. The molecule has 2 amide bonds. The third kappa shape index (κ3) is 8.68. The molecule has 0 aliphatic rings. The maximum absolute atomic E-state index is 14.1. The maximum atomic E-state index is 14.1. The highest BCUT2D eigenvalue weighted by atomic mass is 32.2. The summed E-state index contributed by atoms with van der Waals surface area (Å²) < 4.78 is 27.1. The van der Waals surface area contributed by atoms with Crippen molar-refractivity contribution < 1.29 is 18.0 Å². The number of aryl methyl sites for hydroxylation is 1. The van der Waals surface area contributed by atoms with Gasteiger partial charge in [0.1, 0.15) is 12.6 Å². The molecule has 8 heteroatoms. The molecule has 7 nitrogen and oxygen atoms in total. The summed E-state index contributed by atoms with van der Waals surface area (Å²) in [6.45, 7) is 7.34. The average molecular weight is 550 g/mol. The Morgan fingerprint density at radius 2 is 1.38 bits per heavy atom. The number of nitrogens with zero attached hydrogens (tertiary/aromatic N) is 2. The normalized spacial score (nSPS) is 12.4. The number of benzene rings is 3. The molecule has 3 aromatic carbocycles. The van der Waals surface area contributed by atoms with Crippen molar-refractivity contribution in [1.29, 1.82) is 0 Å². The molecule has 3 rings (SSSR count). The first-order valence-corrected chi connectivity index (χ1v) is 15.0. The summed E-state index contributed by atoms with van der Waals surface area (Å²) in [5, 5.41) is 3.03. The minimum atomic E-state index is -3.80. The van der Waals surface area contributed by atoms with E-state index in [1.807, 2.05) is 100 Å². The van der Waals surface area contributed by atoms with E-state index in [4.69, 9.17) is 0 Å². The van der Waals surface area contributed by atoms with Crippen LogP contribution >= 0.6 is 0 Å². The van der Waals surface area contributed by atoms with Gasteiger partial charge in [-0.1, -0.05) is 85.8 Å². The summed E-state index contributed by atoms with van der Waals surface area (Å²) in [5.74, 6) is -0.754. The Kier molecular flexibility index (Phi) is 9.92. The molecule has 1 atom stereocenters. The number of anilines is 1. The zero-order chi connectivity index (χ0) is 28.6. The van der Waals surface area contributed by atoms with Crippen LogP contribution in [-0.2, 0) is 39.0 Å². The highest BCUT2D eigenvalue weighted by molar-refractivity contribution is 7.92. The van der Waals surface area contributed by atoms with E-state index in [1.165, 1.54) is 4.90 Å². The van der Waals surface area contributed by atoms with E-state index in [0.717, 1.165) is 27.3 Å². The van der Waals surface area contributed by atoms with Crippen molar-refractivity contribution in [1.82, 2.24) is 10.2 Å². The minimum Gasteiger partial charge on any atom is -0.350 e. The van der Waals surface area contributed by atoms with Gasteiger partial charge in [0.15, 0.2) is 0 Å². The summed E-state index contributed by atoms with van der Waals surface area (Å²) in [7, 11) is -3.80. The van der Waals surface area contributed by atoms with Crippen molar-refractivity contribution >= 4 is 27.5 Å². The van der Waals surface area contributed by atoms with Crippen molar-refractivity contribution in [2.75, 3.05) is 17.1 Å². The lowest BCUT2D eigenvalue weighted by Gasteiger charge is -2.35. The summed E-state index contributed by atoms with van der Waals surface area (Å²) in [5.41, 5.74) is 2.50. The Balaban J connectivity index is 2.07. The van der Waals surface area contributed by atoms with Crippen molar-refractivity contribution in [3.05, 3.63) is 102 Å². The summed E-state index contributed by atoms with van der Waals surface area (Å²) >= 11 is 0. The molecule has 208 valence electrons. The van der Waals surface area contributed by atoms with Crippen LogP contribution in [0.1, 0.15) is 44.4 Å². The number of sulfonamides is 1. The average Bonchev–Trinajstić information content (AvgIpc) is 2.88. The van der Waals surface area contributed by atoms with Crippen molar-refractivity contribution in [2.24, 2.45) is 0 Å². The monoisotopic (exact) mass is 549 g/mol. The molecule has 39 heavy (non-hydrogen) atoms. The Morgan fingerprint density at radius 1 is 0.846 bits per heavy atom. The number of rotatable bonds is 11. The van der Waals surface area contributed by atoms with Gasteiger partial charge in [0, 0.05) is 18.5 Å². The first-order chi connectivity index (χ1) is 18.4. The lowest BCUT2D eigenvalue weighted by molar-refractivity contribution is -0.140. The third-order valence-corrected chi connectivity index (χ3v) is 7.41. The number of nitrogens with one attached hydrogen (secondary N) is 1. The Hall–Kier alpha value is -3.65. The van der Waals surface area contributed by atoms with Crippen LogP contribution in [0.2, 0.25) is 0 Å². The van der Waals surface area contributed by atoms with Crippen LogP contribution in [0.3, 0.4) is 0 Å². The fraction of sp³-hybridized carbons (Fsp3) is 0.355. The van der Waals surface area contributed by atoms with Crippen LogP contribution < -0.4 is 9.62 Å². The molecular formula is C31H39N3O4S. The van der Waals surface area contributed by atoms with Gasteiger partial charge in [0.25, 0.3) is 0 Å². The van der Waals surface area contributed by atoms with Crippen LogP contribution in [0, 0.1) is 0 Å². The molecule has 0 fully saturated rings. The fourth-order valence-electron chi connectivity index (χ4n) is 4.43. The number of hydrogen-bond acceptors (Lipinski definition) is 4. The topological polar surface area (TPSA) is 86.8 Å². The summed E-state index contributed by atoms with van der Waals surface area (Å²) in [4.78, 5) is 29.3. The van der Waals surface area contributed by atoms with Gasteiger partial charge in [-0.05, 0) is 49.9 Å². The van der Waals surface area contributed by atoms with E-state index in [1.54, 1.807) is 12.1 Å². The van der Waals surface area contributed by atoms with Crippen LogP contribution in [0.4, 0.5) is 5.69 Å². The lowest BCUT2D eigenvalue weighted by atomic mass is 10.0. The van der Waals surface area contributed by atoms with Crippen LogP contribution in [0.15, 0.2) is 84.9 Å². The van der Waals surface area contributed by atoms with Crippen molar-refractivity contribution in [2.45, 2.75) is 58.7 Å². The SMILES string of the molecule is CCc1ccccc1N(CC(=O)N(Cc1ccccc1)C(Cc1ccccc1)C(=O)NC(C)(C)C)S(C)(=O)=O. The van der Waals surface area contributed by atoms with Gasteiger partial charge in [-0.3, -0.25) is 13.9 Å². The highest BCUT2D eigenvalue weighted by Crippen LogP contribution is 2.24. The molecule has 0 saturated heterocycles. The quantitative estimate of drug-likeness (QED) is 0.380. The van der Waals surface area contributed by atoms with Gasteiger partial charge in [-0.25, -0.2) is 8.42 Å². The highest BCUT2D eigenvalue weighted by Gasteiger charge is 2.34. The van der Waals surface area contributed by atoms with Crippen LogP contribution in [0.5, 0.6) is 0 Å². The Labute approximate surface area is 232 Å². The second kappa shape index (κ2) is 12.9. The Bertz CT molecular complexity index is 1350. The van der Waals surface area contributed by atoms with E-state index < -0.39 is 34.1 Å². The zero-order valence-corrected chi connectivity index (χ0v) is 24.2. The molecule has 0 aliphatic heterocycles. The van der Waals surface area contributed by atoms with Gasteiger partial charge in [0.2, 0.25) is 21.8 Å². The predicted octanol–water partition coefficient (Wildman–Crippen LogP) is 4.57. The first-order valence-electron chi connectivity index (χ1n) is 13.1. The van der Waals surface area contributed by atoms with Gasteiger partial charge in [0.05, 0.1) is 11.9 Å². The molecule has 0 heterocycles. The molecule has 0 spiro atoms. The van der Waals surface area contributed by atoms with Crippen LogP contribution in [-0.4, -0.2) is 49.5 Å². The van der Waals surface area contributed by atoms with E-state index in [2.05, 4.69) is 5.32 Å². The second-order valence-electron chi connectivity index (χ2n) is 10.7. The molecule has 0 aromatic heterocycles. The number of amides is 2. The Morgan fingerprint density at radius 3 is 1.92 bits per heavy atom. The largest absolute Gasteiger partial charge is 0.350 e. The number of hydrogen-bond donors (Lipinski definition) is 1. The van der Waals surface area contributed by atoms with Crippen molar-refractivity contribution in [3.63, 3.8) is 0 Å². The predicted molar refractivity (Wildman–Crippen MR) is 157 cm³/mol. The van der Waals surface area contributed by atoms with Crippen LogP contribution in [0.25, 0.3) is 0 Å². The summed E-state index contributed by atoms with van der Waals surface area (Å²) in [6.07, 6.45) is 1.99. The van der Waals surface area contributed by atoms with Gasteiger partial charge in [-0.15, -0.1) is 0 Å². The van der Waals surface area contributed by atoms with E-state index in [-0.39, 0.29) is 18.9 Å². The molecule has 1 unspecified atom stereocenters. The third-order valence-electron chi connectivity index (χ3n) is 6.29. The lowest BCUT2D eigenvalue weighted by Crippen LogP contribution is -2.56. The van der Waals surface area contributed by atoms with E-state index >= 15 is 0 Å². The summed E-state index contributed by atoms with van der Waals surface area (Å²) in [6, 6.07) is 25.3. The number of carbonyl (C=O) groups is 2. The van der Waals surface area contributed by atoms with Gasteiger partial charge >= 0.3 is 0 Å². The minimum absolute atomic E-state index is 0.155. The molecule has 0 radical (unpaired) electrons.